The minimum absolute atomic E-state index is 0.562. The van der Waals surface area contributed by atoms with E-state index in [-0.39, 0.29) is 0 Å². The molecule has 2 saturated heterocycles. The third kappa shape index (κ3) is 4.13. The normalized spacial score (nSPS) is 37.5. The topological polar surface area (TPSA) is 279 Å². The molecule has 4 fully saturated rings. The van der Waals surface area contributed by atoms with Crippen molar-refractivity contribution in [2.75, 3.05) is 0 Å². The number of cyclic esters (lactones) is 4. The first-order valence-corrected chi connectivity index (χ1v) is 11.6. The van der Waals surface area contributed by atoms with Gasteiger partial charge in [-0.2, -0.15) is 0 Å². The van der Waals surface area contributed by atoms with Gasteiger partial charge in [0, 0.05) is 13.8 Å². The summed E-state index contributed by atoms with van der Waals surface area (Å²) in [5, 5.41) is 36.0. The molecule has 17 heteroatoms. The number of fused-ring (bicyclic) bond motifs is 1. The van der Waals surface area contributed by atoms with Crippen molar-refractivity contribution in [1.82, 2.24) is 0 Å². The molecule has 4 bridgehead atoms. The molecule has 0 aromatic carbocycles. The lowest BCUT2D eigenvalue weighted by Gasteiger charge is -2.65. The van der Waals surface area contributed by atoms with E-state index in [1.54, 1.807) is 0 Å². The highest BCUT2D eigenvalue weighted by atomic mass is 16.6. The number of hydrogen-bond donors (Lipinski definition) is 4. The molecule has 0 aromatic rings. The zero-order valence-corrected chi connectivity index (χ0v) is 22.4. The molecule has 2 aliphatic carbocycles. The fraction of sp³-hybridized carbons (Fsp3) is 0.583. The molecule has 0 radical (unpaired) electrons. The van der Waals surface area contributed by atoms with Gasteiger partial charge in [0.15, 0.2) is 0 Å². The van der Waals surface area contributed by atoms with Crippen LogP contribution in [-0.2, 0) is 62.2 Å². The molecule has 224 valence electrons. The first kappa shape index (κ1) is 32.5. The minimum atomic E-state index is -2.17. The maximum absolute atomic E-state index is 11.7. The number of rotatable bonds is 4. The minimum Gasteiger partial charge on any atom is -0.481 e. The first-order chi connectivity index (χ1) is 18.5. The second-order valence-electron chi connectivity index (χ2n) is 10.5. The summed E-state index contributed by atoms with van der Waals surface area (Å²) in [5.41, 5.74) is -6.85. The van der Waals surface area contributed by atoms with Gasteiger partial charge in [-0.25, -0.2) is 0 Å². The summed E-state index contributed by atoms with van der Waals surface area (Å²) in [4.78, 5) is 110. The first-order valence-electron chi connectivity index (χ1n) is 11.6. The Bertz CT molecular complexity index is 1210. The third-order valence-electron chi connectivity index (χ3n) is 8.76. The Morgan fingerprint density at radius 2 is 0.878 bits per heavy atom. The van der Waals surface area contributed by atoms with Crippen molar-refractivity contribution < 1.29 is 82.6 Å². The number of carbonyl (C=O) groups excluding carboxylic acids is 6. The fourth-order valence-electron chi connectivity index (χ4n) is 6.07. The molecule has 17 nitrogen and oxygen atoms in total. The van der Waals surface area contributed by atoms with Gasteiger partial charge in [0.05, 0.1) is 45.3 Å². The average Bonchev–Trinajstić information content (AvgIpc) is 2.80. The van der Waals surface area contributed by atoms with Crippen LogP contribution in [0.2, 0.25) is 0 Å². The molecular formula is C24H26O17. The predicted octanol–water partition coefficient (Wildman–Crippen LogP) is -0.909. The highest BCUT2D eigenvalue weighted by Crippen LogP contribution is 2.71. The number of hydrogen-bond acceptors (Lipinski definition) is 13. The van der Waals surface area contributed by atoms with Gasteiger partial charge in [-0.05, 0) is 27.7 Å². The highest BCUT2D eigenvalue weighted by Gasteiger charge is 2.86. The van der Waals surface area contributed by atoms with E-state index < -0.39 is 105 Å². The van der Waals surface area contributed by atoms with Crippen LogP contribution in [0.3, 0.4) is 0 Å². The lowest BCUT2D eigenvalue weighted by molar-refractivity contribution is -0.271. The van der Waals surface area contributed by atoms with Crippen LogP contribution < -0.4 is 0 Å². The summed E-state index contributed by atoms with van der Waals surface area (Å²) in [5.74, 6) is -16.2. The monoisotopic (exact) mass is 586 g/mol. The Hall–Kier alpha value is -4.70. The van der Waals surface area contributed by atoms with E-state index in [0.717, 1.165) is 13.8 Å². The molecule has 41 heavy (non-hydrogen) atoms. The van der Waals surface area contributed by atoms with Crippen molar-refractivity contribution >= 4 is 59.7 Å². The third-order valence-corrected chi connectivity index (χ3v) is 8.76. The molecule has 0 spiro atoms. The summed E-state index contributed by atoms with van der Waals surface area (Å²) in [7, 11) is 0. The van der Waals surface area contributed by atoms with E-state index in [4.69, 9.17) is 20.4 Å². The van der Waals surface area contributed by atoms with Crippen molar-refractivity contribution in [3.8, 4) is 0 Å². The van der Waals surface area contributed by atoms with Crippen LogP contribution in [0, 0.1) is 45.3 Å². The van der Waals surface area contributed by atoms with Crippen LogP contribution in [-0.4, -0.2) is 80.1 Å². The van der Waals surface area contributed by atoms with Crippen molar-refractivity contribution in [1.29, 1.82) is 0 Å². The van der Waals surface area contributed by atoms with Crippen LogP contribution >= 0.6 is 0 Å². The second kappa shape index (κ2) is 10.0. The van der Waals surface area contributed by atoms with Gasteiger partial charge >= 0.3 is 59.7 Å². The van der Waals surface area contributed by atoms with Crippen LogP contribution in [0.5, 0.6) is 0 Å². The number of ether oxygens (including phenoxy) is 3. The van der Waals surface area contributed by atoms with Gasteiger partial charge in [0.25, 0.3) is 0 Å². The molecule has 2 heterocycles. The molecule has 8 unspecified atom stereocenters. The Morgan fingerprint density at radius 1 is 0.610 bits per heavy atom. The van der Waals surface area contributed by atoms with Gasteiger partial charge < -0.3 is 34.6 Å². The van der Waals surface area contributed by atoms with Gasteiger partial charge in [0.1, 0.15) is 0 Å². The lowest BCUT2D eigenvalue weighted by atomic mass is 9.37. The molecule has 4 N–H and O–H groups in total. The molecule has 2 saturated carbocycles. The summed E-state index contributed by atoms with van der Waals surface area (Å²) >= 11 is 0. The maximum atomic E-state index is 11.7. The summed E-state index contributed by atoms with van der Waals surface area (Å²) in [6, 6.07) is 0. The average molecular weight is 586 g/mol. The van der Waals surface area contributed by atoms with Crippen LogP contribution in [0.25, 0.3) is 0 Å². The smallest absolute Gasteiger partial charge is 0.321 e. The molecule has 4 aliphatic rings. The van der Waals surface area contributed by atoms with E-state index in [0.29, 0.717) is 0 Å². The molecule has 2 aliphatic heterocycles. The summed E-state index contributed by atoms with van der Waals surface area (Å²) < 4.78 is 13.0. The van der Waals surface area contributed by atoms with Crippen LogP contribution in [0.15, 0.2) is 0 Å². The Morgan fingerprint density at radius 3 is 1.05 bits per heavy atom. The number of aliphatic carboxylic acids is 4. The standard InChI is InChI=1S/C10H12O8.C10H8O6.C4H6O3/c1-9(7(15)16)3(5(11)12)4(6(13)14)10(9,2)8(17)18;1-9-3-4(6(12)15-7(9)13)10(9,2)8(14)16-5(3)11;1-3(5)7-4(2)6/h3-4H,1-2H3,(H,11,12)(H,13,14)(H,15,16)(H,17,18);3-4H,1-2H3;1-2H3. The van der Waals surface area contributed by atoms with E-state index in [1.807, 2.05) is 0 Å². The maximum Gasteiger partial charge on any atom is 0.321 e. The van der Waals surface area contributed by atoms with Crippen molar-refractivity contribution in [3.63, 3.8) is 0 Å². The SMILES string of the molecule is CC(=O)OC(C)=O.CC1(C(=O)O)C(C(=O)O)C(C(=O)O)C1(C)C(=O)O.CC12C(=O)OC(=O)C3C1C(=O)OC(=O)C32C. The molecular weight excluding hydrogens is 560 g/mol. The van der Waals surface area contributed by atoms with Crippen LogP contribution in [0.4, 0.5) is 0 Å². The number of carboxylic acid groups (broad SMARTS) is 4. The fourth-order valence-corrected chi connectivity index (χ4v) is 6.07. The van der Waals surface area contributed by atoms with Crippen LogP contribution in [0.1, 0.15) is 41.5 Å². The number of esters is 6. The predicted molar refractivity (Wildman–Crippen MR) is 122 cm³/mol. The van der Waals surface area contributed by atoms with E-state index in [9.17, 15) is 47.9 Å². The Balaban J connectivity index is 0.000000235. The number of carboxylic acids is 4. The molecule has 8 atom stereocenters. The molecule has 4 rings (SSSR count). The van der Waals surface area contributed by atoms with Gasteiger partial charge in [-0.15, -0.1) is 0 Å². The summed E-state index contributed by atoms with van der Waals surface area (Å²) in [6.45, 7) is 7.20. The molecule has 0 amide bonds. The zero-order chi connectivity index (χ0) is 32.2. The van der Waals surface area contributed by atoms with E-state index >= 15 is 0 Å². The van der Waals surface area contributed by atoms with Crippen molar-refractivity contribution in [2.45, 2.75) is 41.5 Å². The van der Waals surface area contributed by atoms with Crippen molar-refractivity contribution in [2.24, 2.45) is 45.3 Å². The van der Waals surface area contributed by atoms with E-state index in [2.05, 4.69) is 14.2 Å². The second-order valence-corrected chi connectivity index (χ2v) is 10.5. The number of carbonyl (C=O) groups is 10. The zero-order valence-electron chi connectivity index (χ0n) is 22.4. The lowest BCUT2D eigenvalue weighted by Crippen LogP contribution is -2.80. The highest BCUT2D eigenvalue weighted by molar-refractivity contribution is 6.14. The molecule has 0 aromatic heterocycles. The van der Waals surface area contributed by atoms with Crippen molar-refractivity contribution in [3.05, 3.63) is 0 Å². The van der Waals surface area contributed by atoms with Gasteiger partial charge in [-0.3, -0.25) is 47.9 Å². The Kier molecular flexibility index (Phi) is 7.97. The quantitative estimate of drug-likeness (QED) is 0.176. The summed E-state index contributed by atoms with van der Waals surface area (Å²) in [6.07, 6.45) is 0. The van der Waals surface area contributed by atoms with E-state index in [1.165, 1.54) is 27.7 Å². The van der Waals surface area contributed by atoms with Gasteiger partial charge in [-0.1, -0.05) is 0 Å². The largest absolute Gasteiger partial charge is 0.481 e. The van der Waals surface area contributed by atoms with Gasteiger partial charge in [0.2, 0.25) is 0 Å². The Labute approximate surface area is 229 Å².